The number of ether oxygens (including phenoxy) is 1. The zero-order chi connectivity index (χ0) is 20.8. The van der Waals surface area contributed by atoms with E-state index in [0.717, 1.165) is 29.4 Å². The normalized spacial score (nSPS) is 12.0. The van der Waals surface area contributed by atoms with Crippen molar-refractivity contribution < 1.29 is 19.1 Å². The largest absolute Gasteiger partial charge is 0.483 e. The molecule has 2 N–H and O–H groups in total. The van der Waals surface area contributed by atoms with E-state index in [-0.39, 0.29) is 19.1 Å². The summed E-state index contributed by atoms with van der Waals surface area (Å²) in [5.74, 6) is 0.133. The van der Waals surface area contributed by atoms with Crippen LogP contribution in [0.4, 0.5) is 0 Å². The molecule has 152 valence electrons. The molecule has 1 heterocycles. The maximum absolute atomic E-state index is 12.1. The molecule has 0 fully saturated rings. The predicted octanol–water partition coefficient (Wildman–Crippen LogP) is 3.28. The van der Waals surface area contributed by atoms with Gasteiger partial charge in [0.2, 0.25) is 0 Å². The van der Waals surface area contributed by atoms with Crippen molar-refractivity contribution in [2.45, 2.75) is 32.8 Å². The molecule has 0 aliphatic rings. The highest BCUT2D eigenvalue weighted by atomic mass is 16.5. The molecule has 29 heavy (non-hydrogen) atoms. The van der Waals surface area contributed by atoms with E-state index in [4.69, 9.17) is 9.15 Å². The van der Waals surface area contributed by atoms with Crippen LogP contribution in [0.15, 0.2) is 57.7 Å². The number of hydrogen-bond donors (Lipinski definition) is 2. The van der Waals surface area contributed by atoms with E-state index in [1.807, 2.05) is 24.3 Å². The van der Waals surface area contributed by atoms with Gasteiger partial charge in [-0.15, -0.1) is 0 Å². The monoisotopic (exact) mass is 395 g/mol. The molecular formula is C23H25NO5. The highest BCUT2D eigenvalue weighted by molar-refractivity contribution is 5.85. The molecule has 1 atom stereocenters. The molecule has 0 saturated heterocycles. The van der Waals surface area contributed by atoms with Gasteiger partial charge in [-0.3, -0.25) is 4.79 Å². The second-order valence-corrected chi connectivity index (χ2v) is 6.93. The molecule has 1 amide bonds. The van der Waals surface area contributed by atoms with Crippen LogP contribution in [0, 0.1) is 6.92 Å². The van der Waals surface area contributed by atoms with E-state index in [2.05, 4.69) is 12.2 Å². The smallest absolute Gasteiger partial charge is 0.336 e. The summed E-state index contributed by atoms with van der Waals surface area (Å²) < 4.78 is 11.0. The molecule has 1 unspecified atom stereocenters. The van der Waals surface area contributed by atoms with Crippen LogP contribution >= 0.6 is 0 Å². The van der Waals surface area contributed by atoms with Gasteiger partial charge in [0.25, 0.3) is 5.91 Å². The summed E-state index contributed by atoms with van der Waals surface area (Å²) >= 11 is 0. The number of carbonyl (C=O) groups excluding carboxylic acids is 1. The van der Waals surface area contributed by atoms with E-state index in [1.54, 1.807) is 25.1 Å². The van der Waals surface area contributed by atoms with Crippen molar-refractivity contribution in [1.82, 2.24) is 5.32 Å². The van der Waals surface area contributed by atoms with Gasteiger partial charge in [-0.05, 0) is 36.6 Å². The Morgan fingerprint density at radius 2 is 1.97 bits per heavy atom. The number of aliphatic hydroxyl groups excluding tert-OH is 1. The Bertz CT molecular complexity index is 1040. The van der Waals surface area contributed by atoms with Gasteiger partial charge in [-0.1, -0.05) is 43.7 Å². The van der Waals surface area contributed by atoms with Gasteiger partial charge in [0.05, 0.1) is 6.10 Å². The first-order chi connectivity index (χ1) is 14.0. The summed E-state index contributed by atoms with van der Waals surface area (Å²) in [6.45, 7) is 3.75. The van der Waals surface area contributed by atoms with E-state index >= 15 is 0 Å². The maximum Gasteiger partial charge on any atom is 0.336 e. The van der Waals surface area contributed by atoms with Crippen molar-refractivity contribution in [3.8, 4) is 5.75 Å². The Labute approximate surface area is 169 Å². The van der Waals surface area contributed by atoms with Crippen LogP contribution in [0.1, 0.15) is 36.1 Å². The first kappa shape index (κ1) is 20.6. The number of fused-ring (bicyclic) bond motifs is 1. The molecular weight excluding hydrogens is 370 g/mol. The number of aliphatic hydroxyl groups is 1. The zero-order valence-electron chi connectivity index (χ0n) is 16.6. The van der Waals surface area contributed by atoms with Gasteiger partial charge in [-0.2, -0.15) is 0 Å². The number of hydrogen-bond acceptors (Lipinski definition) is 5. The molecule has 2 aromatic carbocycles. The minimum Gasteiger partial charge on any atom is -0.483 e. The lowest BCUT2D eigenvalue weighted by molar-refractivity contribution is -0.123. The summed E-state index contributed by atoms with van der Waals surface area (Å²) in [4.78, 5) is 24.0. The average Bonchev–Trinajstić information content (AvgIpc) is 2.72. The number of carbonyl (C=O) groups is 1. The molecule has 3 rings (SSSR count). The zero-order valence-corrected chi connectivity index (χ0v) is 16.6. The number of amides is 1. The highest BCUT2D eigenvalue weighted by Crippen LogP contribution is 2.28. The van der Waals surface area contributed by atoms with Gasteiger partial charge in [-0.25, -0.2) is 4.79 Å². The van der Waals surface area contributed by atoms with Crippen LogP contribution in [0.3, 0.4) is 0 Å². The van der Waals surface area contributed by atoms with Crippen LogP contribution in [0.5, 0.6) is 5.75 Å². The molecule has 1 aromatic heterocycles. The van der Waals surface area contributed by atoms with E-state index in [1.165, 1.54) is 6.07 Å². The van der Waals surface area contributed by atoms with Gasteiger partial charge in [0.15, 0.2) is 6.61 Å². The van der Waals surface area contributed by atoms with Crippen LogP contribution in [-0.4, -0.2) is 24.2 Å². The number of rotatable bonds is 8. The molecule has 0 aliphatic carbocycles. The Morgan fingerprint density at radius 3 is 2.69 bits per heavy atom. The van der Waals surface area contributed by atoms with Gasteiger partial charge in [0.1, 0.15) is 11.3 Å². The fraction of sp³-hybridized carbons (Fsp3) is 0.304. The molecule has 0 aliphatic heterocycles. The van der Waals surface area contributed by atoms with E-state index in [9.17, 15) is 14.7 Å². The van der Waals surface area contributed by atoms with E-state index < -0.39 is 11.7 Å². The first-order valence-corrected chi connectivity index (χ1v) is 9.68. The predicted molar refractivity (Wildman–Crippen MR) is 111 cm³/mol. The Balaban J connectivity index is 1.65. The first-order valence-electron chi connectivity index (χ1n) is 9.68. The lowest BCUT2D eigenvalue weighted by Gasteiger charge is -2.14. The van der Waals surface area contributed by atoms with E-state index in [0.29, 0.717) is 16.9 Å². The number of aryl methyl sites for hydroxylation is 2. The summed E-state index contributed by atoms with van der Waals surface area (Å²) in [5, 5.41) is 13.7. The van der Waals surface area contributed by atoms with Gasteiger partial charge >= 0.3 is 5.63 Å². The van der Waals surface area contributed by atoms with Crippen LogP contribution < -0.4 is 15.7 Å². The van der Waals surface area contributed by atoms with Crippen LogP contribution in [-0.2, 0) is 11.2 Å². The Kier molecular flexibility index (Phi) is 6.67. The van der Waals surface area contributed by atoms with Crippen molar-refractivity contribution in [1.29, 1.82) is 0 Å². The van der Waals surface area contributed by atoms with Crippen LogP contribution in [0.25, 0.3) is 11.0 Å². The summed E-state index contributed by atoms with van der Waals surface area (Å²) in [6, 6.07) is 14.3. The lowest BCUT2D eigenvalue weighted by Crippen LogP contribution is -2.32. The standard InChI is InChI=1S/C23H25NO5/c1-3-7-17-12-22(27)29-23-15(2)20(11-10-18(17)23)28-14-21(26)24-13-19(25)16-8-5-4-6-9-16/h4-6,8-12,19,25H,3,7,13-14H2,1-2H3,(H,24,26). The topological polar surface area (TPSA) is 88.8 Å². The summed E-state index contributed by atoms with van der Waals surface area (Å²) in [5.41, 5.74) is 2.44. The van der Waals surface area contributed by atoms with Crippen molar-refractivity contribution in [3.63, 3.8) is 0 Å². The second-order valence-electron chi connectivity index (χ2n) is 6.93. The minimum atomic E-state index is -0.784. The van der Waals surface area contributed by atoms with Gasteiger partial charge < -0.3 is 19.6 Å². The lowest BCUT2D eigenvalue weighted by atomic mass is 10.0. The highest BCUT2D eigenvalue weighted by Gasteiger charge is 2.14. The third kappa shape index (κ3) is 5.03. The van der Waals surface area contributed by atoms with Gasteiger partial charge in [0, 0.05) is 23.6 Å². The molecule has 0 spiro atoms. The average molecular weight is 395 g/mol. The van der Waals surface area contributed by atoms with Crippen molar-refractivity contribution >= 4 is 16.9 Å². The van der Waals surface area contributed by atoms with Crippen molar-refractivity contribution in [2.24, 2.45) is 0 Å². The Hall–Kier alpha value is -3.12. The molecule has 0 saturated carbocycles. The maximum atomic E-state index is 12.1. The number of nitrogens with one attached hydrogen (secondary N) is 1. The fourth-order valence-electron chi connectivity index (χ4n) is 3.24. The minimum absolute atomic E-state index is 0.0954. The third-order valence-electron chi connectivity index (χ3n) is 4.75. The fourth-order valence-corrected chi connectivity index (χ4v) is 3.24. The number of benzene rings is 2. The quantitative estimate of drug-likeness (QED) is 0.572. The molecule has 0 bridgehead atoms. The summed E-state index contributed by atoms with van der Waals surface area (Å²) in [7, 11) is 0. The SMILES string of the molecule is CCCc1cc(=O)oc2c(C)c(OCC(=O)NCC(O)c3ccccc3)ccc12. The molecule has 0 radical (unpaired) electrons. The molecule has 6 heteroatoms. The van der Waals surface area contributed by atoms with Crippen molar-refractivity contribution in [2.75, 3.05) is 13.2 Å². The second kappa shape index (κ2) is 9.39. The van der Waals surface area contributed by atoms with Crippen LogP contribution in [0.2, 0.25) is 0 Å². The van der Waals surface area contributed by atoms with Crippen molar-refractivity contribution in [3.05, 3.63) is 75.6 Å². The summed E-state index contributed by atoms with van der Waals surface area (Å²) in [6.07, 6.45) is 0.924. The molecule has 3 aromatic rings. The Morgan fingerprint density at radius 1 is 1.21 bits per heavy atom. The third-order valence-corrected chi connectivity index (χ3v) is 4.75. The molecule has 6 nitrogen and oxygen atoms in total.